The van der Waals surface area contributed by atoms with Gasteiger partial charge in [-0.3, -0.25) is 0 Å². The molecular formula is C12H18FNO. The minimum atomic E-state index is -0.264. The molecule has 2 nitrogen and oxygen atoms in total. The predicted molar refractivity (Wildman–Crippen MR) is 59.7 cm³/mol. The summed E-state index contributed by atoms with van der Waals surface area (Å²) in [6.45, 7) is 4.78. The molecule has 0 saturated heterocycles. The molecule has 0 radical (unpaired) electrons. The van der Waals surface area contributed by atoms with Crippen molar-refractivity contribution >= 4 is 0 Å². The summed E-state index contributed by atoms with van der Waals surface area (Å²) in [5.41, 5.74) is 0.0489. The van der Waals surface area contributed by atoms with Gasteiger partial charge in [-0.05, 0) is 39.4 Å². The van der Waals surface area contributed by atoms with Crippen LogP contribution in [0.25, 0.3) is 0 Å². The molecule has 0 saturated carbocycles. The van der Waals surface area contributed by atoms with E-state index < -0.39 is 0 Å². The Morgan fingerprint density at radius 3 is 2.73 bits per heavy atom. The van der Waals surface area contributed by atoms with E-state index >= 15 is 0 Å². The summed E-state index contributed by atoms with van der Waals surface area (Å²) in [5.74, 6) is 0.322. The van der Waals surface area contributed by atoms with Gasteiger partial charge >= 0.3 is 0 Å². The Kier molecular flexibility index (Phi) is 4.09. The van der Waals surface area contributed by atoms with Crippen LogP contribution in [0, 0.1) is 5.82 Å². The Hall–Kier alpha value is -1.09. The first-order valence-corrected chi connectivity index (χ1v) is 5.11. The molecule has 1 rings (SSSR count). The first kappa shape index (κ1) is 12.0. The molecule has 0 bridgehead atoms. The lowest BCUT2D eigenvalue weighted by Gasteiger charge is -2.23. The second-order valence-electron chi connectivity index (χ2n) is 4.19. The highest BCUT2D eigenvalue weighted by molar-refractivity contribution is 5.22. The topological polar surface area (TPSA) is 21.3 Å². The second-order valence-corrected chi connectivity index (χ2v) is 4.19. The van der Waals surface area contributed by atoms with E-state index in [0.717, 1.165) is 6.42 Å². The van der Waals surface area contributed by atoms with Gasteiger partial charge in [-0.25, -0.2) is 4.39 Å². The quantitative estimate of drug-likeness (QED) is 0.808. The van der Waals surface area contributed by atoms with Crippen molar-refractivity contribution in [3.05, 3.63) is 30.1 Å². The van der Waals surface area contributed by atoms with Crippen LogP contribution in [0.2, 0.25) is 0 Å². The van der Waals surface area contributed by atoms with E-state index in [-0.39, 0.29) is 11.4 Å². The van der Waals surface area contributed by atoms with Crippen molar-refractivity contribution in [1.29, 1.82) is 0 Å². The summed E-state index contributed by atoms with van der Waals surface area (Å²) in [5, 5.41) is 3.18. The van der Waals surface area contributed by atoms with Crippen LogP contribution in [0.5, 0.6) is 5.75 Å². The molecule has 0 unspecified atom stereocenters. The van der Waals surface area contributed by atoms with Crippen molar-refractivity contribution in [2.45, 2.75) is 25.8 Å². The summed E-state index contributed by atoms with van der Waals surface area (Å²) in [6, 6.07) is 6.21. The number of hydrogen-bond acceptors (Lipinski definition) is 2. The molecule has 1 N–H and O–H groups in total. The predicted octanol–water partition coefficient (Wildman–Crippen LogP) is 2.59. The molecule has 0 aliphatic rings. The lowest BCUT2D eigenvalue weighted by atomic mass is 10.0. The third-order valence-corrected chi connectivity index (χ3v) is 2.47. The van der Waals surface area contributed by atoms with Crippen LogP contribution in [0.3, 0.4) is 0 Å². The SMILES string of the molecule is CNC(C)(C)CCOc1cccc(F)c1. The monoisotopic (exact) mass is 211 g/mol. The van der Waals surface area contributed by atoms with Crippen molar-refractivity contribution in [3.8, 4) is 5.75 Å². The van der Waals surface area contributed by atoms with E-state index in [1.807, 2.05) is 7.05 Å². The van der Waals surface area contributed by atoms with Crippen LogP contribution in [0.1, 0.15) is 20.3 Å². The fourth-order valence-corrected chi connectivity index (χ4v) is 1.11. The van der Waals surface area contributed by atoms with Gasteiger partial charge in [0.25, 0.3) is 0 Å². The Morgan fingerprint density at radius 2 is 2.13 bits per heavy atom. The highest BCUT2D eigenvalue weighted by Gasteiger charge is 2.14. The molecule has 15 heavy (non-hydrogen) atoms. The van der Waals surface area contributed by atoms with Gasteiger partial charge in [-0.2, -0.15) is 0 Å². The summed E-state index contributed by atoms with van der Waals surface area (Å²) in [4.78, 5) is 0. The van der Waals surface area contributed by atoms with E-state index in [9.17, 15) is 4.39 Å². The van der Waals surface area contributed by atoms with Crippen LogP contribution >= 0.6 is 0 Å². The number of ether oxygens (including phenoxy) is 1. The van der Waals surface area contributed by atoms with Crippen molar-refractivity contribution < 1.29 is 9.13 Å². The minimum Gasteiger partial charge on any atom is -0.493 e. The summed E-state index contributed by atoms with van der Waals surface area (Å²) >= 11 is 0. The first-order valence-electron chi connectivity index (χ1n) is 5.11. The lowest BCUT2D eigenvalue weighted by Crippen LogP contribution is -2.37. The van der Waals surface area contributed by atoms with Gasteiger partial charge in [-0.1, -0.05) is 6.07 Å². The van der Waals surface area contributed by atoms with Crippen LogP contribution in [0.4, 0.5) is 4.39 Å². The second kappa shape index (κ2) is 5.12. The zero-order chi connectivity index (χ0) is 11.3. The molecule has 0 spiro atoms. The van der Waals surface area contributed by atoms with E-state index in [1.165, 1.54) is 12.1 Å². The maximum Gasteiger partial charge on any atom is 0.126 e. The van der Waals surface area contributed by atoms with Crippen LogP contribution in [-0.4, -0.2) is 19.2 Å². The molecule has 0 aliphatic carbocycles. The zero-order valence-corrected chi connectivity index (χ0v) is 9.51. The van der Waals surface area contributed by atoms with Gasteiger partial charge in [0.05, 0.1) is 6.61 Å². The van der Waals surface area contributed by atoms with E-state index in [4.69, 9.17) is 4.74 Å². The molecule has 0 fully saturated rings. The van der Waals surface area contributed by atoms with E-state index in [2.05, 4.69) is 19.2 Å². The van der Waals surface area contributed by atoms with Gasteiger partial charge in [0.15, 0.2) is 0 Å². The number of halogens is 1. The van der Waals surface area contributed by atoms with Gasteiger partial charge in [0, 0.05) is 11.6 Å². The molecule has 0 aromatic heterocycles. The highest BCUT2D eigenvalue weighted by atomic mass is 19.1. The molecule has 0 heterocycles. The zero-order valence-electron chi connectivity index (χ0n) is 9.51. The summed E-state index contributed by atoms with van der Waals surface area (Å²) in [6.07, 6.45) is 0.875. The van der Waals surface area contributed by atoms with Crippen LogP contribution in [-0.2, 0) is 0 Å². The maximum absolute atomic E-state index is 12.8. The molecule has 0 atom stereocenters. The van der Waals surface area contributed by atoms with Gasteiger partial charge in [0.2, 0.25) is 0 Å². The van der Waals surface area contributed by atoms with E-state index in [0.29, 0.717) is 12.4 Å². The van der Waals surface area contributed by atoms with Gasteiger partial charge in [0.1, 0.15) is 11.6 Å². The Labute approximate surface area is 90.4 Å². The van der Waals surface area contributed by atoms with E-state index in [1.54, 1.807) is 12.1 Å². The highest BCUT2D eigenvalue weighted by Crippen LogP contribution is 2.14. The first-order chi connectivity index (χ1) is 7.03. The Bertz CT molecular complexity index is 312. The average Bonchev–Trinajstić information content (AvgIpc) is 2.18. The number of rotatable bonds is 5. The third-order valence-electron chi connectivity index (χ3n) is 2.47. The van der Waals surface area contributed by atoms with Gasteiger partial charge < -0.3 is 10.1 Å². The van der Waals surface area contributed by atoms with Gasteiger partial charge in [-0.15, -0.1) is 0 Å². The largest absolute Gasteiger partial charge is 0.493 e. The average molecular weight is 211 g/mol. The number of hydrogen-bond donors (Lipinski definition) is 1. The summed E-state index contributed by atoms with van der Waals surface area (Å²) in [7, 11) is 1.92. The maximum atomic E-state index is 12.8. The Balaban J connectivity index is 2.38. The van der Waals surface area contributed by atoms with Crippen molar-refractivity contribution in [2.24, 2.45) is 0 Å². The fraction of sp³-hybridized carbons (Fsp3) is 0.500. The Morgan fingerprint density at radius 1 is 1.40 bits per heavy atom. The molecule has 0 amide bonds. The summed E-state index contributed by atoms with van der Waals surface area (Å²) < 4.78 is 18.2. The standard InChI is InChI=1S/C12H18FNO/c1-12(2,14-3)7-8-15-11-6-4-5-10(13)9-11/h4-6,9,14H,7-8H2,1-3H3. The molecular weight excluding hydrogens is 193 g/mol. The molecule has 1 aromatic rings. The fourth-order valence-electron chi connectivity index (χ4n) is 1.11. The third kappa shape index (κ3) is 4.30. The smallest absolute Gasteiger partial charge is 0.126 e. The number of nitrogens with one attached hydrogen (secondary N) is 1. The van der Waals surface area contributed by atoms with Crippen molar-refractivity contribution in [2.75, 3.05) is 13.7 Å². The molecule has 3 heteroatoms. The van der Waals surface area contributed by atoms with Crippen molar-refractivity contribution in [1.82, 2.24) is 5.32 Å². The normalized spacial score (nSPS) is 11.5. The van der Waals surface area contributed by atoms with Crippen LogP contribution in [0.15, 0.2) is 24.3 Å². The number of benzene rings is 1. The molecule has 1 aromatic carbocycles. The van der Waals surface area contributed by atoms with Crippen LogP contribution < -0.4 is 10.1 Å². The lowest BCUT2D eigenvalue weighted by molar-refractivity contribution is 0.255. The molecule has 0 aliphatic heterocycles. The minimum absolute atomic E-state index is 0.0489. The van der Waals surface area contributed by atoms with Crippen molar-refractivity contribution in [3.63, 3.8) is 0 Å². The molecule has 84 valence electrons.